The summed E-state index contributed by atoms with van der Waals surface area (Å²) in [4.78, 5) is 10.7. The number of phenolic OH excluding ortho intramolecular Hbond substituents is 1. The summed E-state index contributed by atoms with van der Waals surface area (Å²) in [6, 6.07) is 8.91. The van der Waals surface area contributed by atoms with Gasteiger partial charge in [0, 0.05) is 20.9 Å². The van der Waals surface area contributed by atoms with Crippen LogP contribution in [-0.2, 0) is 59.2 Å². The maximum absolute atomic E-state index is 11.1. The standard InChI is InChI=1S/C32H49O2S2.CHO2.Y/c1-28(2,3)22-16-20(17-23(26(22)33)29(4,5)6)35-32(13,14)36-21-18-24(30(7,8)9)27(34-15)25(19-21)31(10,11)12;2-1-3;/h16-19,33H,15H2,1-14H3;(H,2,3);/q2*-1;+3. The number of thioether (sulfide) groups is 2. The third-order valence-corrected chi connectivity index (χ3v) is 8.68. The summed E-state index contributed by atoms with van der Waals surface area (Å²) >= 11 is 3.73. The summed E-state index contributed by atoms with van der Waals surface area (Å²) in [6.45, 7) is 31.4. The third kappa shape index (κ3) is 10.9. The average Bonchev–Trinajstić information content (AvgIpc) is 2.71. The largest absolute Gasteiger partial charge is 3.00 e. The van der Waals surface area contributed by atoms with Gasteiger partial charge in [-0.1, -0.05) is 89.6 Å². The van der Waals surface area contributed by atoms with Crippen LogP contribution < -0.4 is 4.74 Å². The summed E-state index contributed by atoms with van der Waals surface area (Å²) in [7, 11) is 3.80. The molecule has 220 valence electrons. The molecule has 0 unspecified atom stereocenters. The van der Waals surface area contributed by atoms with Gasteiger partial charge in [0.05, 0.1) is 9.83 Å². The minimum atomic E-state index is -0.148. The van der Waals surface area contributed by atoms with Gasteiger partial charge < -0.3 is 19.7 Å². The Labute approximate surface area is 278 Å². The molecule has 0 amide bonds. The van der Waals surface area contributed by atoms with Crippen LogP contribution in [0.4, 0.5) is 0 Å². The van der Waals surface area contributed by atoms with E-state index in [4.69, 9.17) is 14.6 Å². The fraction of sp³-hybridized carbons (Fsp3) is 0.576. The quantitative estimate of drug-likeness (QED) is 0.189. The second-order valence-corrected chi connectivity index (χ2v) is 18.2. The van der Waals surface area contributed by atoms with Gasteiger partial charge in [-0.25, -0.2) is 0 Å². The van der Waals surface area contributed by atoms with Crippen molar-refractivity contribution in [2.75, 3.05) is 0 Å². The molecule has 0 bridgehead atoms. The van der Waals surface area contributed by atoms with E-state index in [0.29, 0.717) is 12.2 Å². The first kappa shape index (κ1) is 39.3. The van der Waals surface area contributed by atoms with Crippen molar-refractivity contribution in [2.45, 2.75) is 132 Å². The Hall–Kier alpha value is -0.686. The van der Waals surface area contributed by atoms with E-state index in [1.807, 2.05) is 23.5 Å². The van der Waals surface area contributed by atoms with Crippen LogP contribution in [0.5, 0.6) is 11.5 Å². The molecule has 0 aliphatic carbocycles. The molecule has 2 rings (SSSR count). The fourth-order valence-electron chi connectivity index (χ4n) is 4.33. The SMILES string of the molecule is O=[C-]O.[CH2-]Oc1c(C(C)(C)C)cc(SC(C)(C)Sc2cc(C(C)(C)C)c(O)c(C(C)(C)C)c2)cc1C(C)(C)C.[Y+3]. The van der Waals surface area contributed by atoms with Crippen molar-refractivity contribution in [3.63, 3.8) is 0 Å². The molecule has 0 saturated heterocycles. The summed E-state index contributed by atoms with van der Waals surface area (Å²) in [5.74, 6) is 1.33. The molecule has 4 nitrogen and oxygen atoms in total. The zero-order valence-electron chi connectivity index (χ0n) is 27.1. The van der Waals surface area contributed by atoms with Crippen LogP contribution in [0.2, 0.25) is 0 Å². The molecule has 2 aromatic rings. The molecule has 0 aliphatic heterocycles. The monoisotopic (exact) mass is 663 g/mol. The van der Waals surface area contributed by atoms with Gasteiger partial charge in [0.2, 0.25) is 0 Å². The minimum Gasteiger partial charge on any atom is -0.665 e. The van der Waals surface area contributed by atoms with E-state index in [2.05, 4.69) is 128 Å². The van der Waals surface area contributed by atoms with Crippen molar-refractivity contribution in [1.82, 2.24) is 0 Å². The summed E-state index contributed by atoms with van der Waals surface area (Å²) in [5, 5.41) is 17.9. The molecule has 0 heterocycles. The van der Waals surface area contributed by atoms with Crippen LogP contribution in [0.1, 0.15) is 119 Å². The number of benzene rings is 2. The average molecular weight is 664 g/mol. The first-order chi connectivity index (χ1) is 17.4. The molecule has 0 radical (unpaired) electrons. The van der Waals surface area contributed by atoms with Crippen LogP contribution in [0.3, 0.4) is 0 Å². The predicted octanol–water partition coefficient (Wildman–Crippen LogP) is 9.98. The Morgan fingerprint density at radius 2 is 0.900 bits per heavy atom. The maximum atomic E-state index is 11.1. The van der Waals surface area contributed by atoms with Crippen LogP contribution >= 0.6 is 23.5 Å². The van der Waals surface area contributed by atoms with Gasteiger partial charge >= 0.3 is 32.7 Å². The number of phenols is 1. The number of aromatic hydroxyl groups is 1. The van der Waals surface area contributed by atoms with E-state index in [1.54, 1.807) is 0 Å². The van der Waals surface area contributed by atoms with Gasteiger partial charge in [0.15, 0.2) is 0 Å². The molecule has 0 spiro atoms. The van der Waals surface area contributed by atoms with Gasteiger partial charge in [-0.2, -0.15) is 7.11 Å². The van der Waals surface area contributed by atoms with Crippen molar-refractivity contribution >= 4 is 30.0 Å². The summed E-state index contributed by atoms with van der Waals surface area (Å²) in [5.41, 5.74) is 3.93. The van der Waals surface area contributed by atoms with Gasteiger partial charge in [-0.3, -0.25) is 0 Å². The minimum absolute atomic E-state index is 0. The Morgan fingerprint density at radius 1 is 0.650 bits per heavy atom. The summed E-state index contributed by atoms with van der Waals surface area (Å²) < 4.78 is 5.58. The molecular weight excluding hydrogens is 613 g/mol. The molecule has 7 heteroatoms. The third-order valence-electron chi connectivity index (χ3n) is 6.25. The molecule has 0 saturated carbocycles. The number of aliphatic hydroxyl groups excluding tert-OH is 1. The number of hydrogen-bond donors (Lipinski definition) is 2. The second-order valence-electron chi connectivity index (χ2n) is 14.6. The Kier molecular flexibility index (Phi) is 13.9. The summed E-state index contributed by atoms with van der Waals surface area (Å²) in [6.07, 6.45) is 0. The molecule has 0 aromatic heterocycles. The zero-order chi connectivity index (χ0) is 30.8. The molecule has 40 heavy (non-hydrogen) atoms. The molecule has 2 aromatic carbocycles. The van der Waals surface area contributed by atoms with Crippen LogP contribution in [0, 0.1) is 7.11 Å². The van der Waals surface area contributed by atoms with Gasteiger partial charge in [0.1, 0.15) is 5.75 Å². The van der Waals surface area contributed by atoms with Crippen molar-refractivity contribution < 1.29 is 52.5 Å². The van der Waals surface area contributed by atoms with E-state index in [1.165, 1.54) is 20.9 Å². The molecular formula is C33H50O4S2Y+. The number of ether oxygens (including phenoxy) is 1. The fourth-order valence-corrected chi connectivity index (χ4v) is 6.92. The van der Waals surface area contributed by atoms with Crippen LogP contribution in [-0.4, -0.2) is 20.8 Å². The topological polar surface area (TPSA) is 66.8 Å². The van der Waals surface area contributed by atoms with Crippen molar-refractivity contribution in [3.05, 3.63) is 53.6 Å². The Morgan fingerprint density at radius 3 is 1.12 bits per heavy atom. The van der Waals surface area contributed by atoms with Gasteiger partial charge in [-0.05, 0) is 70.9 Å². The smallest absolute Gasteiger partial charge is 0.665 e. The zero-order valence-corrected chi connectivity index (χ0v) is 31.6. The number of hydrogen-bond acceptors (Lipinski definition) is 5. The Bertz CT molecular complexity index is 1070. The first-order valence-electron chi connectivity index (χ1n) is 13.3. The van der Waals surface area contributed by atoms with Crippen LogP contribution in [0.25, 0.3) is 0 Å². The van der Waals surface area contributed by atoms with Crippen molar-refractivity contribution in [3.8, 4) is 11.5 Å². The maximum Gasteiger partial charge on any atom is 3.00 e. The molecule has 0 aliphatic rings. The van der Waals surface area contributed by atoms with E-state index < -0.39 is 0 Å². The van der Waals surface area contributed by atoms with Crippen molar-refractivity contribution in [2.24, 2.45) is 0 Å². The number of rotatable bonds is 5. The molecule has 0 atom stereocenters. The van der Waals surface area contributed by atoms with Crippen molar-refractivity contribution in [1.29, 1.82) is 0 Å². The Balaban J connectivity index is 0.00000363. The molecule has 0 fully saturated rings. The molecule has 2 N–H and O–H groups in total. The van der Waals surface area contributed by atoms with E-state index in [0.717, 1.165) is 16.9 Å². The predicted molar refractivity (Wildman–Crippen MR) is 169 cm³/mol. The van der Waals surface area contributed by atoms with Gasteiger partial charge in [0.25, 0.3) is 0 Å². The van der Waals surface area contributed by atoms with Gasteiger partial charge in [-0.15, -0.1) is 23.5 Å². The van der Waals surface area contributed by atoms with Crippen LogP contribution in [0.15, 0.2) is 34.1 Å². The first-order valence-corrected chi connectivity index (χ1v) is 14.9. The normalized spacial score (nSPS) is 12.7. The van der Waals surface area contributed by atoms with E-state index in [-0.39, 0.29) is 58.4 Å². The van der Waals surface area contributed by atoms with E-state index >= 15 is 0 Å². The van der Waals surface area contributed by atoms with E-state index in [9.17, 15) is 5.11 Å². The second kappa shape index (κ2) is 14.2.